The van der Waals surface area contributed by atoms with Crippen molar-refractivity contribution < 1.29 is 13.8 Å². The fourth-order valence-electron chi connectivity index (χ4n) is 1.69. The van der Waals surface area contributed by atoms with Crippen LogP contribution in [-0.4, -0.2) is 15.1 Å². The second-order valence-corrected chi connectivity index (χ2v) is 3.79. The molecule has 2 N–H and O–H groups in total. The van der Waals surface area contributed by atoms with Crippen molar-refractivity contribution in [2.45, 2.75) is 6.54 Å². The van der Waals surface area contributed by atoms with Gasteiger partial charge in [0.2, 0.25) is 5.89 Å². The Morgan fingerprint density at radius 2 is 2.11 bits per heavy atom. The van der Waals surface area contributed by atoms with Crippen molar-refractivity contribution in [3.63, 3.8) is 0 Å². The molecule has 0 saturated carbocycles. The van der Waals surface area contributed by atoms with E-state index in [4.69, 9.17) is 14.6 Å². The minimum atomic E-state index is -0.467. The monoisotopic (exact) mass is 260 g/mol. The van der Waals surface area contributed by atoms with E-state index in [2.05, 4.69) is 10.2 Å². The molecule has 0 unspecified atom stereocenters. The Morgan fingerprint density at radius 1 is 1.26 bits per heavy atom. The molecule has 8 heteroatoms. The molecule has 3 aromatic rings. The van der Waals surface area contributed by atoms with Gasteiger partial charge in [-0.1, -0.05) is 0 Å². The van der Waals surface area contributed by atoms with Crippen molar-refractivity contribution in [2.24, 2.45) is 5.73 Å². The third kappa shape index (κ3) is 1.93. The number of non-ortho nitro benzene ring substituents is 1. The molecule has 0 aliphatic carbocycles. The van der Waals surface area contributed by atoms with Crippen LogP contribution in [0.1, 0.15) is 5.89 Å². The van der Waals surface area contributed by atoms with Gasteiger partial charge in [0.25, 0.3) is 11.6 Å². The highest BCUT2D eigenvalue weighted by atomic mass is 16.6. The fraction of sp³-hybridized carbons (Fsp3) is 0.0909. The van der Waals surface area contributed by atoms with E-state index in [1.807, 2.05) is 0 Å². The van der Waals surface area contributed by atoms with E-state index in [1.54, 1.807) is 6.07 Å². The van der Waals surface area contributed by atoms with Crippen molar-refractivity contribution >= 4 is 16.7 Å². The normalized spacial score (nSPS) is 11.0. The zero-order chi connectivity index (χ0) is 13.4. The van der Waals surface area contributed by atoms with Crippen LogP contribution in [0.5, 0.6) is 0 Å². The van der Waals surface area contributed by atoms with Gasteiger partial charge in [0.05, 0.1) is 11.5 Å². The smallest absolute Gasteiger partial charge is 0.283 e. The number of nitro benzene ring substituents is 1. The average molecular weight is 260 g/mol. The third-order valence-electron chi connectivity index (χ3n) is 2.56. The van der Waals surface area contributed by atoms with Crippen LogP contribution in [0.15, 0.2) is 33.1 Å². The van der Waals surface area contributed by atoms with Gasteiger partial charge in [-0.15, -0.1) is 10.2 Å². The molecule has 0 bridgehead atoms. The van der Waals surface area contributed by atoms with E-state index < -0.39 is 4.92 Å². The van der Waals surface area contributed by atoms with Crippen molar-refractivity contribution in [2.75, 3.05) is 0 Å². The Morgan fingerprint density at radius 3 is 2.79 bits per heavy atom. The van der Waals surface area contributed by atoms with Gasteiger partial charge in [0.15, 0.2) is 5.76 Å². The first-order chi connectivity index (χ1) is 9.17. The summed E-state index contributed by atoms with van der Waals surface area (Å²) in [4.78, 5) is 10.2. The molecular formula is C11H8N4O4. The van der Waals surface area contributed by atoms with Crippen molar-refractivity contribution in [3.8, 4) is 11.7 Å². The van der Waals surface area contributed by atoms with Gasteiger partial charge in [0.1, 0.15) is 5.58 Å². The SMILES string of the molecule is NCc1nnc(-c2cc3cc([N+](=O)[O-])ccc3o2)o1. The minimum Gasteiger partial charge on any atom is -0.451 e. The number of nitrogens with two attached hydrogens (primary N) is 1. The van der Waals surface area contributed by atoms with Gasteiger partial charge in [0, 0.05) is 17.5 Å². The molecule has 8 nitrogen and oxygen atoms in total. The number of nitrogens with zero attached hydrogens (tertiary/aromatic N) is 3. The molecule has 2 heterocycles. The van der Waals surface area contributed by atoms with Crippen LogP contribution < -0.4 is 5.73 Å². The molecule has 0 fully saturated rings. The molecule has 0 atom stereocenters. The summed E-state index contributed by atoms with van der Waals surface area (Å²) >= 11 is 0. The van der Waals surface area contributed by atoms with E-state index in [1.165, 1.54) is 18.2 Å². The Labute approximate surface area is 106 Å². The summed E-state index contributed by atoms with van der Waals surface area (Å²) in [7, 11) is 0. The highest BCUT2D eigenvalue weighted by Crippen LogP contribution is 2.29. The standard InChI is InChI=1S/C11H8N4O4/c12-5-10-13-14-11(19-10)9-4-6-3-7(15(16)17)1-2-8(6)18-9/h1-4H,5,12H2. The Kier molecular flexibility index (Phi) is 2.50. The van der Waals surface area contributed by atoms with Gasteiger partial charge in [-0.05, 0) is 12.1 Å². The molecule has 0 saturated heterocycles. The summed E-state index contributed by atoms with van der Waals surface area (Å²) in [6.45, 7) is 0.138. The van der Waals surface area contributed by atoms with Crippen LogP contribution in [0.3, 0.4) is 0 Å². The Balaban J connectivity index is 2.08. The first-order valence-corrected chi connectivity index (χ1v) is 5.38. The van der Waals surface area contributed by atoms with Crippen LogP contribution >= 0.6 is 0 Å². The first-order valence-electron chi connectivity index (χ1n) is 5.38. The quantitative estimate of drug-likeness (QED) is 0.563. The Hall–Kier alpha value is -2.74. The number of hydrogen-bond donors (Lipinski definition) is 1. The van der Waals surface area contributed by atoms with E-state index in [-0.39, 0.29) is 18.1 Å². The van der Waals surface area contributed by atoms with Gasteiger partial charge >= 0.3 is 0 Å². The number of aromatic nitrogens is 2. The van der Waals surface area contributed by atoms with Gasteiger partial charge < -0.3 is 14.6 Å². The number of fused-ring (bicyclic) bond motifs is 1. The van der Waals surface area contributed by atoms with Crippen LogP contribution in [0, 0.1) is 10.1 Å². The maximum Gasteiger partial charge on any atom is 0.283 e. The van der Waals surface area contributed by atoms with Crippen molar-refractivity contribution in [1.29, 1.82) is 0 Å². The molecule has 96 valence electrons. The lowest BCUT2D eigenvalue weighted by atomic mass is 10.2. The maximum absolute atomic E-state index is 10.7. The van der Waals surface area contributed by atoms with E-state index in [0.29, 0.717) is 22.6 Å². The second-order valence-electron chi connectivity index (χ2n) is 3.79. The van der Waals surface area contributed by atoms with E-state index in [0.717, 1.165) is 0 Å². The van der Waals surface area contributed by atoms with Crippen molar-refractivity contribution in [3.05, 3.63) is 40.3 Å². The van der Waals surface area contributed by atoms with Crippen LogP contribution in [0.4, 0.5) is 5.69 Å². The van der Waals surface area contributed by atoms with Gasteiger partial charge in [-0.25, -0.2) is 0 Å². The minimum absolute atomic E-state index is 0.00646. The summed E-state index contributed by atoms with van der Waals surface area (Å²) < 4.78 is 10.7. The molecule has 0 aliphatic heterocycles. The largest absolute Gasteiger partial charge is 0.451 e. The first kappa shape index (κ1) is 11.4. The number of benzene rings is 1. The lowest BCUT2D eigenvalue weighted by Crippen LogP contribution is -1.95. The third-order valence-corrected chi connectivity index (χ3v) is 2.56. The molecule has 19 heavy (non-hydrogen) atoms. The van der Waals surface area contributed by atoms with Gasteiger partial charge in [-0.3, -0.25) is 10.1 Å². The van der Waals surface area contributed by atoms with Crippen LogP contribution in [0.25, 0.3) is 22.6 Å². The summed E-state index contributed by atoms with van der Waals surface area (Å²) in [5.74, 6) is 0.837. The second kappa shape index (κ2) is 4.18. The molecule has 2 aromatic heterocycles. The molecule has 0 radical (unpaired) electrons. The molecular weight excluding hydrogens is 252 g/mol. The maximum atomic E-state index is 10.7. The molecule has 3 rings (SSSR count). The lowest BCUT2D eigenvalue weighted by molar-refractivity contribution is -0.384. The fourth-order valence-corrected chi connectivity index (χ4v) is 1.69. The highest BCUT2D eigenvalue weighted by Gasteiger charge is 2.15. The lowest BCUT2D eigenvalue weighted by Gasteiger charge is -1.89. The molecule has 1 aromatic carbocycles. The predicted octanol–water partition coefficient (Wildman–Crippen LogP) is 1.85. The summed E-state index contributed by atoms with van der Waals surface area (Å²) in [6, 6.07) is 5.92. The molecule has 0 amide bonds. The van der Waals surface area contributed by atoms with Crippen LogP contribution in [-0.2, 0) is 6.54 Å². The molecule has 0 aliphatic rings. The number of furan rings is 1. The average Bonchev–Trinajstić information content (AvgIpc) is 3.03. The number of nitro groups is 1. The summed E-state index contributed by atoms with van der Waals surface area (Å²) in [5.41, 5.74) is 5.87. The Bertz CT molecular complexity index is 761. The highest BCUT2D eigenvalue weighted by molar-refractivity contribution is 5.83. The number of hydrogen-bond acceptors (Lipinski definition) is 7. The van der Waals surface area contributed by atoms with E-state index >= 15 is 0 Å². The topological polar surface area (TPSA) is 121 Å². The zero-order valence-electron chi connectivity index (χ0n) is 9.57. The zero-order valence-corrected chi connectivity index (χ0v) is 9.57. The summed E-state index contributed by atoms with van der Waals surface area (Å²) in [6.07, 6.45) is 0. The summed E-state index contributed by atoms with van der Waals surface area (Å²) in [5, 5.41) is 18.8. The van der Waals surface area contributed by atoms with E-state index in [9.17, 15) is 10.1 Å². The predicted molar refractivity (Wildman–Crippen MR) is 64.1 cm³/mol. The van der Waals surface area contributed by atoms with Gasteiger partial charge in [-0.2, -0.15) is 0 Å². The number of rotatable bonds is 3. The van der Waals surface area contributed by atoms with Crippen LogP contribution in [0.2, 0.25) is 0 Å². The van der Waals surface area contributed by atoms with Crippen molar-refractivity contribution in [1.82, 2.24) is 10.2 Å². The molecule has 0 spiro atoms.